The van der Waals surface area contributed by atoms with E-state index >= 15 is 0 Å². The monoisotopic (exact) mass is 243 g/mol. The Labute approximate surface area is 107 Å². The number of hydrogen-bond donors (Lipinski definition) is 1. The fourth-order valence-electron chi connectivity index (χ4n) is 1.48. The Hall–Kier alpha value is -2.01. The number of aromatic nitrogens is 3. The van der Waals surface area contributed by atoms with Crippen LogP contribution >= 0.6 is 0 Å². The second-order valence-electron chi connectivity index (χ2n) is 4.24. The van der Waals surface area contributed by atoms with Gasteiger partial charge in [0.2, 0.25) is 5.95 Å². The SMILES string of the molecule is CN(C)CCNc1ncc(-c2ccccn2)cn1. The van der Waals surface area contributed by atoms with Crippen molar-refractivity contribution in [3.8, 4) is 11.3 Å². The molecule has 18 heavy (non-hydrogen) atoms. The second kappa shape index (κ2) is 6.07. The van der Waals surface area contributed by atoms with Gasteiger partial charge < -0.3 is 10.2 Å². The molecule has 2 heterocycles. The third-order valence-corrected chi connectivity index (χ3v) is 2.45. The van der Waals surface area contributed by atoms with E-state index in [-0.39, 0.29) is 0 Å². The summed E-state index contributed by atoms with van der Waals surface area (Å²) >= 11 is 0. The summed E-state index contributed by atoms with van der Waals surface area (Å²) in [6.45, 7) is 1.78. The molecule has 94 valence electrons. The first-order valence-corrected chi connectivity index (χ1v) is 5.88. The van der Waals surface area contributed by atoms with E-state index in [2.05, 4.69) is 25.2 Å². The maximum atomic E-state index is 4.27. The lowest BCUT2D eigenvalue weighted by molar-refractivity contribution is 0.425. The molecular weight excluding hydrogens is 226 g/mol. The molecule has 0 aliphatic rings. The van der Waals surface area contributed by atoms with E-state index < -0.39 is 0 Å². The number of hydrogen-bond acceptors (Lipinski definition) is 5. The molecule has 1 N–H and O–H groups in total. The van der Waals surface area contributed by atoms with Crippen molar-refractivity contribution >= 4 is 5.95 Å². The summed E-state index contributed by atoms with van der Waals surface area (Å²) in [5, 5.41) is 3.17. The second-order valence-corrected chi connectivity index (χ2v) is 4.24. The van der Waals surface area contributed by atoms with Crippen LogP contribution in [-0.4, -0.2) is 47.0 Å². The first-order chi connectivity index (χ1) is 8.75. The number of rotatable bonds is 5. The Bertz CT molecular complexity index is 467. The Morgan fingerprint density at radius 3 is 2.50 bits per heavy atom. The smallest absolute Gasteiger partial charge is 0.222 e. The van der Waals surface area contributed by atoms with Gasteiger partial charge in [-0.1, -0.05) is 6.07 Å². The molecule has 0 spiro atoms. The number of likely N-dealkylation sites (N-methyl/N-ethyl adjacent to an activating group) is 1. The van der Waals surface area contributed by atoms with Crippen LogP contribution in [0.5, 0.6) is 0 Å². The summed E-state index contributed by atoms with van der Waals surface area (Å²) in [6.07, 6.45) is 5.33. The highest BCUT2D eigenvalue weighted by molar-refractivity contribution is 5.56. The fourth-order valence-corrected chi connectivity index (χ4v) is 1.48. The van der Waals surface area contributed by atoms with Gasteiger partial charge in [0.15, 0.2) is 0 Å². The zero-order valence-corrected chi connectivity index (χ0v) is 10.7. The molecule has 0 bridgehead atoms. The van der Waals surface area contributed by atoms with Crippen molar-refractivity contribution in [3.63, 3.8) is 0 Å². The number of nitrogens with zero attached hydrogens (tertiary/aromatic N) is 4. The highest BCUT2D eigenvalue weighted by atomic mass is 15.1. The van der Waals surface area contributed by atoms with E-state index in [1.807, 2.05) is 32.3 Å². The van der Waals surface area contributed by atoms with Crippen molar-refractivity contribution < 1.29 is 0 Å². The van der Waals surface area contributed by atoms with Crippen molar-refractivity contribution in [1.82, 2.24) is 19.9 Å². The number of pyridine rings is 1. The molecular formula is C13H17N5. The highest BCUT2D eigenvalue weighted by Crippen LogP contribution is 2.14. The topological polar surface area (TPSA) is 53.9 Å². The highest BCUT2D eigenvalue weighted by Gasteiger charge is 2.00. The number of nitrogens with one attached hydrogen (secondary N) is 1. The molecule has 5 heteroatoms. The van der Waals surface area contributed by atoms with E-state index in [0.29, 0.717) is 5.95 Å². The molecule has 2 aromatic heterocycles. The third kappa shape index (κ3) is 3.49. The molecule has 5 nitrogen and oxygen atoms in total. The van der Waals surface area contributed by atoms with Gasteiger partial charge in [-0.2, -0.15) is 0 Å². The third-order valence-electron chi connectivity index (χ3n) is 2.45. The molecule has 0 aliphatic carbocycles. The van der Waals surface area contributed by atoms with E-state index in [1.54, 1.807) is 18.6 Å². The van der Waals surface area contributed by atoms with Crippen LogP contribution in [0.15, 0.2) is 36.8 Å². The normalized spacial score (nSPS) is 10.6. The van der Waals surface area contributed by atoms with Crippen molar-refractivity contribution in [1.29, 1.82) is 0 Å². The van der Waals surface area contributed by atoms with Crippen molar-refractivity contribution in [2.24, 2.45) is 0 Å². The van der Waals surface area contributed by atoms with Gasteiger partial charge in [-0.15, -0.1) is 0 Å². The molecule has 0 saturated carbocycles. The van der Waals surface area contributed by atoms with Gasteiger partial charge in [0.05, 0.1) is 5.69 Å². The Morgan fingerprint density at radius 2 is 1.89 bits per heavy atom. The van der Waals surface area contributed by atoms with Crippen LogP contribution in [0.1, 0.15) is 0 Å². The molecule has 2 rings (SSSR count). The molecule has 0 unspecified atom stereocenters. The van der Waals surface area contributed by atoms with Crippen molar-refractivity contribution in [3.05, 3.63) is 36.8 Å². The predicted molar refractivity (Wildman–Crippen MR) is 72.3 cm³/mol. The van der Waals surface area contributed by atoms with Crippen LogP contribution in [0.25, 0.3) is 11.3 Å². The van der Waals surface area contributed by atoms with Crippen LogP contribution < -0.4 is 5.32 Å². The van der Waals surface area contributed by atoms with Gasteiger partial charge in [-0.05, 0) is 26.2 Å². The predicted octanol–water partition coefficient (Wildman–Crippen LogP) is 1.51. The Kier molecular flexibility index (Phi) is 4.20. The first kappa shape index (κ1) is 12.4. The van der Waals surface area contributed by atoms with Gasteiger partial charge in [0, 0.05) is 37.2 Å². The van der Waals surface area contributed by atoms with Gasteiger partial charge in [-0.3, -0.25) is 4.98 Å². The summed E-state index contributed by atoms with van der Waals surface area (Å²) in [5.41, 5.74) is 1.81. The minimum Gasteiger partial charge on any atom is -0.353 e. The maximum Gasteiger partial charge on any atom is 0.222 e. The molecule has 0 atom stereocenters. The van der Waals surface area contributed by atoms with Crippen LogP contribution in [-0.2, 0) is 0 Å². The van der Waals surface area contributed by atoms with E-state index in [9.17, 15) is 0 Å². The summed E-state index contributed by atoms with van der Waals surface area (Å²) in [4.78, 5) is 14.9. The average molecular weight is 243 g/mol. The van der Waals surface area contributed by atoms with Crippen LogP contribution in [0.3, 0.4) is 0 Å². The Balaban J connectivity index is 1.98. The average Bonchev–Trinajstić information content (AvgIpc) is 2.40. The van der Waals surface area contributed by atoms with Crippen LogP contribution in [0, 0.1) is 0 Å². The summed E-state index contributed by atoms with van der Waals surface area (Å²) in [7, 11) is 4.07. The van der Waals surface area contributed by atoms with Gasteiger partial charge >= 0.3 is 0 Å². The van der Waals surface area contributed by atoms with E-state index in [4.69, 9.17) is 0 Å². The van der Waals surface area contributed by atoms with Crippen LogP contribution in [0.4, 0.5) is 5.95 Å². The maximum absolute atomic E-state index is 4.27. The number of anilines is 1. The van der Waals surface area contributed by atoms with Gasteiger partial charge in [0.25, 0.3) is 0 Å². The summed E-state index contributed by atoms with van der Waals surface area (Å²) in [5.74, 6) is 0.650. The van der Waals surface area contributed by atoms with E-state index in [1.165, 1.54) is 0 Å². The molecule has 0 amide bonds. The van der Waals surface area contributed by atoms with Gasteiger partial charge in [-0.25, -0.2) is 9.97 Å². The molecule has 0 fully saturated rings. The molecule has 2 aromatic rings. The van der Waals surface area contributed by atoms with Crippen LogP contribution in [0.2, 0.25) is 0 Å². The van der Waals surface area contributed by atoms with Crippen molar-refractivity contribution in [2.45, 2.75) is 0 Å². The summed E-state index contributed by atoms with van der Waals surface area (Å²) in [6, 6.07) is 5.78. The Morgan fingerprint density at radius 1 is 1.11 bits per heavy atom. The quantitative estimate of drug-likeness (QED) is 0.862. The lowest BCUT2D eigenvalue weighted by atomic mass is 10.2. The molecule has 0 radical (unpaired) electrons. The molecule has 0 saturated heterocycles. The minimum atomic E-state index is 0.650. The van der Waals surface area contributed by atoms with E-state index in [0.717, 1.165) is 24.3 Å². The zero-order chi connectivity index (χ0) is 12.8. The van der Waals surface area contributed by atoms with Crippen molar-refractivity contribution in [2.75, 3.05) is 32.5 Å². The summed E-state index contributed by atoms with van der Waals surface area (Å²) < 4.78 is 0. The van der Waals surface area contributed by atoms with Gasteiger partial charge in [0.1, 0.15) is 0 Å². The zero-order valence-electron chi connectivity index (χ0n) is 10.7. The first-order valence-electron chi connectivity index (χ1n) is 5.88. The lowest BCUT2D eigenvalue weighted by Gasteiger charge is -2.10. The fraction of sp³-hybridized carbons (Fsp3) is 0.308. The molecule has 0 aliphatic heterocycles. The standard InChI is InChI=1S/C13H17N5/c1-18(2)8-7-15-13-16-9-11(10-17-13)12-5-3-4-6-14-12/h3-6,9-10H,7-8H2,1-2H3,(H,15,16,17). The lowest BCUT2D eigenvalue weighted by Crippen LogP contribution is -2.21. The largest absolute Gasteiger partial charge is 0.353 e. The minimum absolute atomic E-state index is 0.650. The molecule has 0 aromatic carbocycles.